The van der Waals surface area contributed by atoms with Gasteiger partial charge in [-0.3, -0.25) is 0 Å². The number of nitrogens with one attached hydrogen (secondary N) is 1. The summed E-state index contributed by atoms with van der Waals surface area (Å²) in [5, 5.41) is 15.3. The summed E-state index contributed by atoms with van der Waals surface area (Å²) in [7, 11) is 0. The predicted molar refractivity (Wildman–Crippen MR) is 93.1 cm³/mol. The molecule has 0 radical (unpaired) electrons. The Morgan fingerprint density at radius 3 is 2.48 bits per heavy atom. The standard InChI is InChI=1S/C19H24N2O.ClH/c1-3-15(13-22)20-12-14-9-10-19-17(11-14)16-7-5-6-8-18(16)21(19)4-2;/h5-11,15,20,22H,3-4,12-13H2,1-2H3;1H/p-1. The van der Waals surface area contributed by atoms with Gasteiger partial charge >= 0.3 is 0 Å². The monoisotopic (exact) mass is 331 g/mol. The van der Waals surface area contributed by atoms with Gasteiger partial charge in [0.1, 0.15) is 0 Å². The number of para-hydroxylation sites is 1. The van der Waals surface area contributed by atoms with Crippen LogP contribution in [-0.4, -0.2) is 22.3 Å². The number of fused-ring (bicyclic) bond motifs is 3. The minimum Gasteiger partial charge on any atom is -1.00 e. The van der Waals surface area contributed by atoms with Crippen molar-refractivity contribution < 1.29 is 17.5 Å². The molecule has 0 aliphatic carbocycles. The maximum atomic E-state index is 9.29. The van der Waals surface area contributed by atoms with Gasteiger partial charge in [-0.2, -0.15) is 0 Å². The van der Waals surface area contributed by atoms with Crippen molar-refractivity contribution >= 4 is 21.8 Å². The van der Waals surface area contributed by atoms with E-state index in [0.29, 0.717) is 0 Å². The molecule has 1 aromatic heterocycles. The van der Waals surface area contributed by atoms with Crippen LogP contribution in [0.4, 0.5) is 0 Å². The molecule has 0 fully saturated rings. The lowest BCUT2D eigenvalue weighted by molar-refractivity contribution is -0.00000551. The Hall–Kier alpha value is -1.55. The van der Waals surface area contributed by atoms with Gasteiger partial charge in [-0.05, 0) is 37.1 Å². The quantitative estimate of drug-likeness (QED) is 0.697. The summed E-state index contributed by atoms with van der Waals surface area (Å²) in [5.74, 6) is 0. The number of hydrogen-bond acceptors (Lipinski definition) is 2. The zero-order valence-electron chi connectivity index (χ0n) is 13.7. The second-order valence-electron chi connectivity index (χ2n) is 5.78. The van der Waals surface area contributed by atoms with E-state index in [1.807, 2.05) is 0 Å². The van der Waals surface area contributed by atoms with E-state index in [-0.39, 0.29) is 25.1 Å². The van der Waals surface area contributed by atoms with Crippen LogP contribution in [0.25, 0.3) is 21.8 Å². The Kier molecular flexibility index (Phi) is 6.05. The Bertz CT molecular complexity index is 777. The zero-order chi connectivity index (χ0) is 15.5. The van der Waals surface area contributed by atoms with Crippen molar-refractivity contribution in [1.82, 2.24) is 9.88 Å². The SMILES string of the molecule is CCC(CO)NCc1ccc2c(c1)c1ccccc1n2CC.[Cl-]. The van der Waals surface area contributed by atoms with E-state index in [0.717, 1.165) is 19.5 Å². The Morgan fingerprint density at radius 1 is 1.04 bits per heavy atom. The molecule has 0 amide bonds. The molecule has 3 rings (SSSR count). The van der Waals surface area contributed by atoms with Crippen molar-refractivity contribution in [3.63, 3.8) is 0 Å². The van der Waals surface area contributed by atoms with E-state index >= 15 is 0 Å². The highest BCUT2D eigenvalue weighted by Gasteiger charge is 2.10. The Morgan fingerprint density at radius 2 is 1.78 bits per heavy atom. The fourth-order valence-corrected chi connectivity index (χ4v) is 3.15. The number of hydrogen-bond donors (Lipinski definition) is 2. The lowest BCUT2D eigenvalue weighted by Crippen LogP contribution is -3.00. The Labute approximate surface area is 143 Å². The number of rotatable bonds is 6. The van der Waals surface area contributed by atoms with Crippen LogP contribution in [0.5, 0.6) is 0 Å². The molecular weight excluding hydrogens is 308 g/mol. The van der Waals surface area contributed by atoms with Crippen LogP contribution in [0.1, 0.15) is 25.8 Å². The third kappa shape index (κ3) is 3.37. The van der Waals surface area contributed by atoms with Crippen LogP contribution in [0, 0.1) is 0 Å². The number of aromatic nitrogens is 1. The second kappa shape index (κ2) is 7.82. The molecule has 0 aliphatic rings. The van der Waals surface area contributed by atoms with Crippen LogP contribution in [0.15, 0.2) is 42.5 Å². The molecule has 2 N–H and O–H groups in total. The van der Waals surface area contributed by atoms with Crippen LogP contribution >= 0.6 is 0 Å². The maximum absolute atomic E-state index is 9.29. The molecule has 3 aromatic rings. The third-order valence-corrected chi connectivity index (χ3v) is 4.46. The van der Waals surface area contributed by atoms with Gasteiger partial charge < -0.3 is 27.4 Å². The van der Waals surface area contributed by atoms with Crippen molar-refractivity contribution in [2.24, 2.45) is 0 Å². The lowest BCUT2D eigenvalue weighted by Gasteiger charge is -2.14. The van der Waals surface area contributed by atoms with Gasteiger partial charge in [-0.15, -0.1) is 0 Å². The molecule has 4 heteroatoms. The van der Waals surface area contributed by atoms with Crippen molar-refractivity contribution in [3.8, 4) is 0 Å². The third-order valence-electron chi connectivity index (χ3n) is 4.46. The van der Waals surface area contributed by atoms with Crippen molar-refractivity contribution in [2.75, 3.05) is 6.61 Å². The number of aliphatic hydroxyl groups is 1. The average molecular weight is 332 g/mol. The molecule has 0 aliphatic heterocycles. The van der Waals surface area contributed by atoms with Gasteiger partial charge in [-0.1, -0.05) is 31.2 Å². The first-order chi connectivity index (χ1) is 10.8. The first-order valence-electron chi connectivity index (χ1n) is 8.12. The molecular formula is C19H24ClN2O-. The van der Waals surface area contributed by atoms with E-state index in [1.54, 1.807) is 0 Å². The summed E-state index contributed by atoms with van der Waals surface area (Å²) in [5.41, 5.74) is 3.85. The second-order valence-corrected chi connectivity index (χ2v) is 5.78. The van der Waals surface area contributed by atoms with Crippen LogP contribution in [0.3, 0.4) is 0 Å². The lowest BCUT2D eigenvalue weighted by atomic mass is 10.1. The normalized spacial score (nSPS) is 12.5. The largest absolute Gasteiger partial charge is 1.00 e. The highest BCUT2D eigenvalue weighted by Crippen LogP contribution is 2.29. The molecule has 0 bridgehead atoms. The molecule has 2 aromatic carbocycles. The van der Waals surface area contributed by atoms with Crippen LogP contribution < -0.4 is 17.7 Å². The van der Waals surface area contributed by atoms with E-state index < -0.39 is 0 Å². The minimum atomic E-state index is 0. The van der Waals surface area contributed by atoms with Crippen LogP contribution in [-0.2, 0) is 13.1 Å². The van der Waals surface area contributed by atoms with Crippen molar-refractivity contribution in [1.29, 1.82) is 0 Å². The first kappa shape index (κ1) is 17.8. The van der Waals surface area contributed by atoms with Gasteiger partial charge in [0.05, 0.1) is 6.61 Å². The van der Waals surface area contributed by atoms with Crippen molar-refractivity contribution in [3.05, 3.63) is 48.0 Å². The summed E-state index contributed by atoms with van der Waals surface area (Å²) in [4.78, 5) is 0. The molecule has 23 heavy (non-hydrogen) atoms. The zero-order valence-corrected chi connectivity index (χ0v) is 14.5. The number of aryl methyl sites for hydroxylation is 1. The van der Waals surface area contributed by atoms with E-state index in [2.05, 4.69) is 66.2 Å². The average Bonchev–Trinajstić information content (AvgIpc) is 2.89. The number of halogens is 1. The summed E-state index contributed by atoms with van der Waals surface area (Å²) >= 11 is 0. The Balaban J connectivity index is 0.00000192. The fourth-order valence-electron chi connectivity index (χ4n) is 3.15. The summed E-state index contributed by atoms with van der Waals surface area (Å²) < 4.78 is 2.37. The summed E-state index contributed by atoms with van der Waals surface area (Å²) in [6, 6.07) is 15.4. The molecule has 0 spiro atoms. The molecule has 0 saturated carbocycles. The van der Waals surface area contributed by atoms with Gasteiger partial charge in [-0.25, -0.2) is 0 Å². The van der Waals surface area contributed by atoms with Gasteiger partial charge in [0, 0.05) is 40.9 Å². The molecule has 3 nitrogen and oxygen atoms in total. The first-order valence-corrected chi connectivity index (χ1v) is 8.12. The highest BCUT2D eigenvalue weighted by atomic mass is 35.5. The van der Waals surface area contributed by atoms with E-state index in [4.69, 9.17) is 0 Å². The smallest absolute Gasteiger partial charge is 0.0584 e. The number of aliphatic hydroxyl groups excluding tert-OH is 1. The molecule has 1 heterocycles. The predicted octanol–water partition coefficient (Wildman–Crippen LogP) is 0.679. The minimum absolute atomic E-state index is 0. The maximum Gasteiger partial charge on any atom is 0.0584 e. The highest BCUT2D eigenvalue weighted by molar-refractivity contribution is 6.08. The molecule has 1 unspecified atom stereocenters. The van der Waals surface area contributed by atoms with Crippen molar-refractivity contribution in [2.45, 2.75) is 39.4 Å². The number of benzene rings is 2. The van der Waals surface area contributed by atoms with Gasteiger partial charge in [0.2, 0.25) is 0 Å². The van der Waals surface area contributed by atoms with Crippen LogP contribution in [0.2, 0.25) is 0 Å². The van der Waals surface area contributed by atoms with Gasteiger partial charge in [0.25, 0.3) is 0 Å². The van der Waals surface area contributed by atoms with E-state index in [9.17, 15) is 5.11 Å². The summed E-state index contributed by atoms with van der Waals surface area (Å²) in [6.07, 6.45) is 0.938. The molecule has 1 atom stereocenters. The number of nitrogens with zero attached hydrogens (tertiary/aromatic N) is 1. The topological polar surface area (TPSA) is 37.2 Å². The van der Waals surface area contributed by atoms with Gasteiger partial charge in [0.15, 0.2) is 0 Å². The fraction of sp³-hybridized carbons (Fsp3) is 0.368. The molecule has 124 valence electrons. The summed E-state index contributed by atoms with van der Waals surface area (Å²) in [6.45, 7) is 6.24. The molecule has 0 saturated heterocycles. The van der Waals surface area contributed by atoms with E-state index in [1.165, 1.54) is 27.4 Å².